The lowest BCUT2D eigenvalue weighted by Crippen LogP contribution is -2.39. The van der Waals surface area contributed by atoms with Crippen molar-refractivity contribution in [2.75, 3.05) is 11.5 Å². The Balaban J connectivity index is 2.14. The Morgan fingerprint density at radius 2 is 1.94 bits per heavy atom. The Morgan fingerprint density at radius 1 is 1.31 bits per heavy atom. The molecule has 0 unspecified atom stereocenters. The minimum absolute atomic E-state index is 0.0352. The van der Waals surface area contributed by atoms with Gasteiger partial charge in [-0.15, -0.1) is 0 Å². The Morgan fingerprint density at radius 3 is 2.50 bits per heavy atom. The smallest absolute Gasteiger partial charge is 0.147 e. The summed E-state index contributed by atoms with van der Waals surface area (Å²) in [6.45, 7) is 2.10. The first kappa shape index (κ1) is 11.1. The molecule has 2 rings (SSSR count). The normalized spacial score (nSPS) is 30.2. The molecule has 6 N–H and O–H groups in total. The molecule has 16 heavy (non-hydrogen) atoms. The van der Waals surface area contributed by atoms with Crippen LogP contribution in [0.3, 0.4) is 0 Å². The summed E-state index contributed by atoms with van der Waals surface area (Å²) in [5, 5.41) is 0. The molecule has 88 valence electrons. The van der Waals surface area contributed by atoms with Gasteiger partial charge in [0.15, 0.2) is 0 Å². The zero-order valence-electron chi connectivity index (χ0n) is 9.61. The lowest BCUT2D eigenvalue weighted by molar-refractivity contribution is 0.293. The predicted molar refractivity (Wildman–Crippen MR) is 64.7 cm³/mol. The van der Waals surface area contributed by atoms with Gasteiger partial charge >= 0.3 is 0 Å². The van der Waals surface area contributed by atoms with Crippen LogP contribution in [0.1, 0.15) is 44.2 Å². The van der Waals surface area contributed by atoms with E-state index in [9.17, 15) is 0 Å². The third-order valence-corrected chi connectivity index (χ3v) is 3.36. The summed E-state index contributed by atoms with van der Waals surface area (Å²) >= 11 is 0. The van der Waals surface area contributed by atoms with Crippen LogP contribution in [0.25, 0.3) is 0 Å². The minimum atomic E-state index is -0.0352. The molecule has 0 radical (unpaired) electrons. The van der Waals surface area contributed by atoms with Crippen molar-refractivity contribution in [3.63, 3.8) is 0 Å². The number of aromatic nitrogens is 2. The molecular weight excluding hydrogens is 202 g/mol. The van der Waals surface area contributed by atoms with E-state index in [4.69, 9.17) is 17.2 Å². The van der Waals surface area contributed by atoms with Crippen LogP contribution in [0.2, 0.25) is 0 Å². The van der Waals surface area contributed by atoms with E-state index in [1.54, 1.807) is 6.20 Å². The van der Waals surface area contributed by atoms with Gasteiger partial charge in [0.1, 0.15) is 11.6 Å². The minimum Gasteiger partial charge on any atom is -0.382 e. The Bertz CT molecular complexity index is 378. The summed E-state index contributed by atoms with van der Waals surface area (Å²) in [5.74, 6) is 1.22. The maximum atomic E-state index is 6.09. The van der Waals surface area contributed by atoms with Crippen molar-refractivity contribution in [3.8, 4) is 0 Å². The van der Waals surface area contributed by atoms with Crippen LogP contribution < -0.4 is 17.2 Å². The molecule has 0 bridgehead atoms. The second kappa shape index (κ2) is 3.90. The number of rotatable bonds is 1. The zero-order chi connectivity index (χ0) is 11.8. The van der Waals surface area contributed by atoms with Crippen molar-refractivity contribution < 1.29 is 0 Å². The van der Waals surface area contributed by atoms with Gasteiger partial charge in [-0.3, -0.25) is 4.98 Å². The van der Waals surface area contributed by atoms with Crippen LogP contribution in [-0.2, 0) is 0 Å². The number of hydrogen-bond acceptors (Lipinski definition) is 5. The number of hydrogen-bond donors (Lipinski definition) is 3. The average molecular weight is 221 g/mol. The van der Waals surface area contributed by atoms with Gasteiger partial charge < -0.3 is 17.2 Å². The van der Waals surface area contributed by atoms with E-state index in [0.29, 0.717) is 17.6 Å². The largest absolute Gasteiger partial charge is 0.382 e. The van der Waals surface area contributed by atoms with Crippen molar-refractivity contribution in [1.82, 2.24) is 9.97 Å². The fourth-order valence-corrected chi connectivity index (χ4v) is 2.29. The molecule has 0 atom stereocenters. The molecule has 1 aliphatic rings. The van der Waals surface area contributed by atoms with Crippen molar-refractivity contribution in [2.45, 2.75) is 44.1 Å². The third kappa shape index (κ3) is 2.24. The molecule has 5 nitrogen and oxygen atoms in total. The Labute approximate surface area is 95.4 Å². The molecule has 1 fully saturated rings. The van der Waals surface area contributed by atoms with Crippen LogP contribution in [0.5, 0.6) is 0 Å². The van der Waals surface area contributed by atoms with Gasteiger partial charge in [-0.25, -0.2) is 4.98 Å². The second-order valence-electron chi connectivity index (χ2n) is 4.99. The molecule has 5 heteroatoms. The van der Waals surface area contributed by atoms with E-state index < -0.39 is 0 Å². The van der Waals surface area contributed by atoms with E-state index in [1.165, 1.54) is 0 Å². The second-order valence-corrected chi connectivity index (χ2v) is 4.99. The topological polar surface area (TPSA) is 104 Å². The average Bonchev–Trinajstić information content (AvgIpc) is 2.19. The fourth-order valence-electron chi connectivity index (χ4n) is 2.29. The molecule has 0 amide bonds. The predicted octanol–water partition coefficient (Wildman–Crippen LogP) is 1.02. The standard InChI is InChI=1S/C11H19N5/c1-11(14)4-2-7(3-5-11)9-10(13)16-8(12)6-15-9/h6-7H,2-5,14H2,1H3,(H4,12,13,16). The Kier molecular flexibility index (Phi) is 2.71. The SMILES string of the molecule is CC1(N)CCC(c2ncc(N)nc2N)CC1. The lowest BCUT2D eigenvalue weighted by atomic mass is 9.77. The summed E-state index contributed by atoms with van der Waals surface area (Å²) < 4.78 is 0. The first-order chi connectivity index (χ1) is 7.48. The van der Waals surface area contributed by atoms with Crippen LogP contribution in [0, 0.1) is 0 Å². The van der Waals surface area contributed by atoms with Gasteiger partial charge in [0.05, 0.1) is 11.9 Å². The number of anilines is 2. The van der Waals surface area contributed by atoms with E-state index >= 15 is 0 Å². The van der Waals surface area contributed by atoms with Crippen LogP contribution >= 0.6 is 0 Å². The van der Waals surface area contributed by atoms with E-state index in [2.05, 4.69) is 16.9 Å². The van der Waals surface area contributed by atoms with Crippen LogP contribution in [0.4, 0.5) is 11.6 Å². The quantitative estimate of drug-likeness (QED) is 0.656. The van der Waals surface area contributed by atoms with Crippen LogP contribution in [0.15, 0.2) is 6.20 Å². The maximum absolute atomic E-state index is 6.09. The first-order valence-electron chi connectivity index (χ1n) is 5.65. The van der Waals surface area contributed by atoms with Crippen molar-refractivity contribution >= 4 is 11.6 Å². The summed E-state index contributed by atoms with van der Waals surface area (Å²) in [4.78, 5) is 8.34. The highest BCUT2D eigenvalue weighted by Gasteiger charge is 2.29. The highest BCUT2D eigenvalue weighted by molar-refractivity contribution is 5.42. The molecule has 0 spiro atoms. The summed E-state index contributed by atoms with van der Waals surface area (Å²) in [6.07, 6.45) is 5.62. The van der Waals surface area contributed by atoms with Gasteiger partial charge in [-0.2, -0.15) is 0 Å². The Hall–Kier alpha value is -1.36. The van der Waals surface area contributed by atoms with Gasteiger partial charge in [-0.05, 0) is 32.6 Å². The van der Waals surface area contributed by atoms with Crippen molar-refractivity contribution in [1.29, 1.82) is 0 Å². The summed E-state index contributed by atoms with van der Waals surface area (Å²) in [5.41, 5.74) is 18.3. The fraction of sp³-hybridized carbons (Fsp3) is 0.636. The number of nitrogen functional groups attached to an aromatic ring is 2. The van der Waals surface area contributed by atoms with E-state index in [-0.39, 0.29) is 5.54 Å². The zero-order valence-corrected chi connectivity index (χ0v) is 9.61. The first-order valence-corrected chi connectivity index (χ1v) is 5.65. The van der Waals surface area contributed by atoms with E-state index in [0.717, 1.165) is 31.4 Å². The summed E-state index contributed by atoms with van der Waals surface area (Å²) in [6, 6.07) is 0. The molecule has 1 aromatic rings. The van der Waals surface area contributed by atoms with Gasteiger partial charge in [0.2, 0.25) is 0 Å². The molecular formula is C11H19N5. The monoisotopic (exact) mass is 221 g/mol. The molecule has 0 aliphatic heterocycles. The number of nitrogens with zero attached hydrogens (tertiary/aromatic N) is 2. The maximum Gasteiger partial charge on any atom is 0.147 e. The highest BCUT2D eigenvalue weighted by atomic mass is 15.0. The number of nitrogens with two attached hydrogens (primary N) is 3. The molecule has 0 aromatic carbocycles. The molecule has 1 heterocycles. The highest BCUT2D eigenvalue weighted by Crippen LogP contribution is 2.37. The van der Waals surface area contributed by atoms with Gasteiger partial charge in [0, 0.05) is 11.5 Å². The molecule has 1 aliphatic carbocycles. The molecule has 0 saturated heterocycles. The van der Waals surface area contributed by atoms with Crippen LogP contribution in [-0.4, -0.2) is 15.5 Å². The summed E-state index contributed by atoms with van der Waals surface area (Å²) in [7, 11) is 0. The third-order valence-electron chi connectivity index (χ3n) is 3.36. The van der Waals surface area contributed by atoms with Gasteiger partial charge in [-0.1, -0.05) is 0 Å². The molecule has 1 aromatic heterocycles. The van der Waals surface area contributed by atoms with Gasteiger partial charge in [0.25, 0.3) is 0 Å². The van der Waals surface area contributed by atoms with E-state index in [1.807, 2.05) is 0 Å². The molecule has 1 saturated carbocycles. The van der Waals surface area contributed by atoms with Crippen molar-refractivity contribution in [2.24, 2.45) is 5.73 Å². The van der Waals surface area contributed by atoms with Crippen molar-refractivity contribution in [3.05, 3.63) is 11.9 Å². The lowest BCUT2D eigenvalue weighted by Gasteiger charge is -2.34.